The number of aliphatic hydroxyl groups excluding tert-OH is 1. The molecule has 1 saturated carbocycles. The Morgan fingerprint density at radius 2 is 2.22 bits per heavy atom. The average Bonchev–Trinajstić information content (AvgIpc) is 2.89. The van der Waals surface area contributed by atoms with Crippen molar-refractivity contribution in [2.75, 3.05) is 0 Å². The molecule has 0 aliphatic heterocycles. The molecule has 1 aliphatic rings. The molecular weight excluding hydrogens is 234 g/mol. The number of carboxylic acids is 1. The number of hydrogen-bond donors (Lipinski definition) is 2. The fourth-order valence-corrected chi connectivity index (χ4v) is 2.59. The number of carboxylic acid groups (broad SMARTS) is 1. The Morgan fingerprint density at radius 1 is 1.50 bits per heavy atom. The van der Waals surface area contributed by atoms with Gasteiger partial charge in [-0.2, -0.15) is 0 Å². The van der Waals surface area contributed by atoms with Crippen molar-refractivity contribution in [2.45, 2.75) is 51.2 Å². The second kappa shape index (κ2) is 5.95. The van der Waals surface area contributed by atoms with Gasteiger partial charge in [-0.25, -0.2) is 4.68 Å². The van der Waals surface area contributed by atoms with Crippen molar-refractivity contribution < 1.29 is 15.0 Å². The van der Waals surface area contributed by atoms with Crippen molar-refractivity contribution in [3.63, 3.8) is 0 Å². The number of aromatic nitrogens is 3. The Bertz CT molecular complexity index is 399. The molecule has 1 fully saturated rings. The van der Waals surface area contributed by atoms with Gasteiger partial charge in [0.05, 0.1) is 24.8 Å². The fourth-order valence-electron chi connectivity index (χ4n) is 2.59. The van der Waals surface area contributed by atoms with E-state index in [9.17, 15) is 9.90 Å². The highest BCUT2D eigenvalue weighted by Gasteiger charge is 2.19. The van der Waals surface area contributed by atoms with Crippen LogP contribution in [-0.2, 0) is 17.8 Å². The van der Waals surface area contributed by atoms with Crippen molar-refractivity contribution in [2.24, 2.45) is 5.92 Å². The van der Waals surface area contributed by atoms with E-state index in [0.29, 0.717) is 18.2 Å². The Morgan fingerprint density at radius 3 is 2.89 bits per heavy atom. The third kappa shape index (κ3) is 3.80. The zero-order chi connectivity index (χ0) is 13.0. The monoisotopic (exact) mass is 253 g/mol. The highest BCUT2D eigenvalue weighted by atomic mass is 16.4. The van der Waals surface area contributed by atoms with Gasteiger partial charge in [-0.15, -0.1) is 5.10 Å². The number of hydrogen-bond acceptors (Lipinski definition) is 4. The van der Waals surface area contributed by atoms with Crippen LogP contribution in [0.5, 0.6) is 0 Å². The SMILES string of the molecule is O=C(O)Cc1cn(CC(O)CC2CCCC2)nn1. The van der Waals surface area contributed by atoms with Crippen molar-refractivity contribution >= 4 is 5.97 Å². The largest absolute Gasteiger partial charge is 0.481 e. The maximum atomic E-state index is 10.5. The van der Waals surface area contributed by atoms with Crippen LogP contribution in [0.4, 0.5) is 0 Å². The average molecular weight is 253 g/mol. The maximum Gasteiger partial charge on any atom is 0.309 e. The van der Waals surface area contributed by atoms with Crippen LogP contribution in [0.1, 0.15) is 37.8 Å². The van der Waals surface area contributed by atoms with Crippen LogP contribution < -0.4 is 0 Å². The molecule has 1 aromatic heterocycles. The third-order valence-electron chi connectivity index (χ3n) is 3.40. The molecule has 6 nitrogen and oxygen atoms in total. The summed E-state index contributed by atoms with van der Waals surface area (Å²) in [4.78, 5) is 10.5. The van der Waals surface area contributed by atoms with E-state index in [1.807, 2.05) is 0 Å². The molecule has 100 valence electrons. The van der Waals surface area contributed by atoms with Gasteiger partial charge in [-0.05, 0) is 12.3 Å². The van der Waals surface area contributed by atoms with Crippen LogP contribution in [-0.4, -0.2) is 37.3 Å². The first-order valence-corrected chi connectivity index (χ1v) is 6.42. The van der Waals surface area contributed by atoms with Gasteiger partial charge in [0.15, 0.2) is 0 Å². The van der Waals surface area contributed by atoms with E-state index in [-0.39, 0.29) is 6.42 Å². The lowest BCUT2D eigenvalue weighted by atomic mass is 10.0. The van der Waals surface area contributed by atoms with Crippen LogP contribution in [0.2, 0.25) is 0 Å². The molecule has 0 bridgehead atoms. The van der Waals surface area contributed by atoms with E-state index in [1.165, 1.54) is 30.4 Å². The topological polar surface area (TPSA) is 88.2 Å². The zero-order valence-corrected chi connectivity index (χ0v) is 10.3. The summed E-state index contributed by atoms with van der Waals surface area (Å²) in [7, 11) is 0. The van der Waals surface area contributed by atoms with Gasteiger partial charge >= 0.3 is 5.97 Å². The van der Waals surface area contributed by atoms with Gasteiger partial charge in [-0.1, -0.05) is 30.9 Å². The highest BCUT2D eigenvalue weighted by Crippen LogP contribution is 2.28. The summed E-state index contributed by atoms with van der Waals surface area (Å²) in [5.41, 5.74) is 0.426. The van der Waals surface area contributed by atoms with Crippen molar-refractivity contribution in [1.82, 2.24) is 15.0 Å². The predicted octanol–water partition coefficient (Wildman–Crippen LogP) is 0.846. The molecule has 0 amide bonds. The van der Waals surface area contributed by atoms with E-state index in [4.69, 9.17) is 5.11 Å². The number of nitrogens with zero attached hydrogens (tertiary/aromatic N) is 3. The maximum absolute atomic E-state index is 10.5. The minimum absolute atomic E-state index is 0.126. The lowest BCUT2D eigenvalue weighted by Crippen LogP contribution is -2.19. The van der Waals surface area contributed by atoms with Crippen LogP contribution in [0.25, 0.3) is 0 Å². The summed E-state index contributed by atoms with van der Waals surface area (Å²) in [6.45, 7) is 0.392. The predicted molar refractivity (Wildman–Crippen MR) is 63.9 cm³/mol. The smallest absolute Gasteiger partial charge is 0.309 e. The molecule has 1 aliphatic carbocycles. The number of rotatable bonds is 6. The van der Waals surface area contributed by atoms with Crippen LogP contribution >= 0.6 is 0 Å². The van der Waals surface area contributed by atoms with Gasteiger partial charge in [0, 0.05) is 6.20 Å². The van der Waals surface area contributed by atoms with E-state index in [1.54, 1.807) is 6.20 Å². The zero-order valence-electron chi connectivity index (χ0n) is 10.3. The Hall–Kier alpha value is -1.43. The first-order valence-electron chi connectivity index (χ1n) is 6.42. The normalized spacial score (nSPS) is 18.1. The second-order valence-electron chi connectivity index (χ2n) is 5.04. The van der Waals surface area contributed by atoms with Gasteiger partial charge in [0.25, 0.3) is 0 Å². The summed E-state index contributed by atoms with van der Waals surface area (Å²) in [6.07, 6.45) is 6.79. The highest BCUT2D eigenvalue weighted by molar-refractivity contribution is 5.69. The molecule has 2 N–H and O–H groups in total. The molecule has 0 aromatic carbocycles. The van der Waals surface area contributed by atoms with Crippen LogP contribution in [0, 0.1) is 5.92 Å². The number of carbonyl (C=O) groups is 1. The van der Waals surface area contributed by atoms with E-state index >= 15 is 0 Å². The van der Waals surface area contributed by atoms with Crippen LogP contribution in [0.15, 0.2) is 6.20 Å². The molecule has 0 radical (unpaired) electrons. The lowest BCUT2D eigenvalue weighted by molar-refractivity contribution is -0.136. The van der Waals surface area contributed by atoms with Gasteiger partial charge in [0.2, 0.25) is 0 Å². The summed E-state index contributed by atoms with van der Waals surface area (Å²) in [6, 6.07) is 0. The summed E-state index contributed by atoms with van der Waals surface area (Å²) >= 11 is 0. The van der Waals surface area contributed by atoms with Crippen LogP contribution in [0.3, 0.4) is 0 Å². The summed E-state index contributed by atoms with van der Waals surface area (Å²) in [5.74, 6) is -0.296. The fraction of sp³-hybridized carbons (Fsp3) is 0.750. The third-order valence-corrected chi connectivity index (χ3v) is 3.40. The summed E-state index contributed by atoms with van der Waals surface area (Å²) < 4.78 is 1.53. The molecule has 1 aromatic rings. The van der Waals surface area contributed by atoms with Crippen molar-refractivity contribution in [3.05, 3.63) is 11.9 Å². The van der Waals surface area contributed by atoms with Gasteiger partial charge in [0.1, 0.15) is 0 Å². The number of aliphatic hydroxyl groups is 1. The molecule has 6 heteroatoms. The quantitative estimate of drug-likeness (QED) is 0.784. The molecule has 1 heterocycles. The lowest BCUT2D eigenvalue weighted by Gasteiger charge is -2.14. The first kappa shape index (κ1) is 13.0. The van der Waals surface area contributed by atoms with E-state index in [0.717, 1.165) is 6.42 Å². The Labute approximate surface area is 106 Å². The standard InChI is InChI=1S/C12H19N3O3/c16-11(5-9-3-1-2-4-9)8-15-7-10(13-14-15)6-12(17)18/h7,9,11,16H,1-6,8H2,(H,17,18). The van der Waals surface area contributed by atoms with Gasteiger partial charge < -0.3 is 10.2 Å². The molecule has 0 saturated heterocycles. The molecule has 2 rings (SSSR count). The molecule has 18 heavy (non-hydrogen) atoms. The molecule has 1 atom stereocenters. The summed E-state index contributed by atoms with van der Waals surface area (Å²) in [5, 5.41) is 26.2. The minimum Gasteiger partial charge on any atom is -0.481 e. The molecule has 1 unspecified atom stereocenters. The molecular formula is C12H19N3O3. The van der Waals surface area contributed by atoms with Gasteiger partial charge in [-0.3, -0.25) is 4.79 Å². The minimum atomic E-state index is -0.923. The molecule has 0 spiro atoms. The number of aliphatic carboxylic acids is 1. The van der Waals surface area contributed by atoms with E-state index < -0.39 is 12.1 Å². The van der Waals surface area contributed by atoms with Crippen molar-refractivity contribution in [1.29, 1.82) is 0 Å². The Kier molecular flexibility index (Phi) is 4.30. The second-order valence-corrected chi connectivity index (χ2v) is 5.04. The van der Waals surface area contributed by atoms with E-state index in [2.05, 4.69) is 10.3 Å². The van der Waals surface area contributed by atoms with Crippen molar-refractivity contribution in [3.8, 4) is 0 Å². The first-order chi connectivity index (χ1) is 8.63. The Balaban J connectivity index is 1.80.